The first kappa shape index (κ1) is 12.2. The number of nitrogens with zero attached hydrogens (tertiary/aromatic N) is 1. The van der Waals surface area contributed by atoms with Crippen molar-refractivity contribution >= 4 is 18.9 Å². The Bertz CT molecular complexity index is 232. The summed E-state index contributed by atoms with van der Waals surface area (Å²) in [7, 11) is -0.907. The molecule has 1 saturated heterocycles. The Morgan fingerprint density at radius 2 is 2.43 bits per heavy atom. The first-order chi connectivity index (χ1) is 6.66. The monoisotopic (exact) mass is 233 g/mol. The molecule has 14 heavy (non-hydrogen) atoms. The highest BCUT2D eigenvalue weighted by Gasteiger charge is 2.26. The largest absolute Gasteiger partial charge is 0.331 e. The van der Waals surface area contributed by atoms with Crippen LogP contribution in [0.4, 0.5) is 0 Å². The Balaban J connectivity index is 2.61. The van der Waals surface area contributed by atoms with E-state index in [1.54, 1.807) is 0 Å². The van der Waals surface area contributed by atoms with Crippen molar-refractivity contribution in [2.75, 3.05) is 13.2 Å². The van der Waals surface area contributed by atoms with E-state index in [-0.39, 0.29) is 0 Å². The van der Waals surface area contributed by atoms with Crippen LogP contribution in [-0.4, -0.2) is 23.9 Å². The van der Waals surface area contributed by atoms with E-state index in [1.165, 1.54) is 5.57 Å². The molecule has 1 aliphatic rings. The van der Waals surface area contributed by atoms with Gasteiger partial charge in [0.25, 0.3) is 0 Å². The lowest BCUT2D eigenvalue weighted by atomic mass is 10.1. The zero-order chi connectivity index (χ0) is 10.6. The molecule has 2 nitrogen and oxygen atoms in total. The summed E-state index contributed by atoms with van der Waals surface area (Å²) in [6.45, 7) is 9.77. The van der Waals surface area contributed by atoms with Crippen LogP contribution in [0.3, 0.4) is 0 Å². The lowest BCUT2D eigenvalue weighted by Gasteiger charge is -2.35. The summed E-state index contributed by atoms with van der Waals surface area (Å²) < 4.78 is 7.66. The average Bonchev–Trinajstić information content (AvgIpc) is 2.18. The predicted molar refractivity (Wildman–Crippen MR) is 63.5 cm³/mol. The second-order valence-electron chi connectivity index (χ2n) is 3.40. The minimum Gasteiger partial charge on any atom is -0.331 e. The Hall–Kier alpha value is 0.120. The van der Waals surface area contributed by atoms with Gasteiger partial charge in [-0.15, -0.1) is 0 Å². The summed E-state index contributed by atoms with van der Waals surface area (Å²) in [5.41, 5.74) is 1.28. The molecule has 1 rings (SSSR count). The highest BCUT2D eigenvalue weighted by molar-refractivity contribution is 7.78. The summed E-state index contributed by atoms with van der Waals surface area (Å²) in [4.78, 5) is 0. The maximum Gasteiger partial charge on any atom is 0.207 e. The number of hydrogen-bond acceptors (Lipinski definition) is 2. The third-order valence-corrected chi connectivity index (χ3v) is 4.64. The van der Waals surface area contributed by atoms with Gasteiger partial charge in [0, 0.05) is 12.6 Å². The van der Waals surface area contributed by atoms with Crippen LogP contribution < -0.4 is 0 Å². The van der Waals surface area contributed by atoms with E-state index in [4.69, 9.17) is 15.8 Å². The highest BCUT2D eigenvalue weighted by atomic mass is 35.7. The highest BCUT2D eigenvalue weighted by Crippen LogP contribution is 2.51. The van der Waals surface area contributed by atoms with Crippen LogP contribution in [-0.2, 0) is 4.52 Å². The molecule has 0 N–H and O–H groups in total. The smallest absolute Gasteiger partial charge is 0.207 e. The van der Waals surface area contributed by atoms with Crippen molar-refractivity contribution in [2.45, 2.75) is 26.3 Å². The molecule has 2 unspecified atom stereocenters. The summed E-state index contributed by atoms with van der Waals surface area (Å²) in [5.74, 6) is 0. The summed E-state index contributed by atoms with van der Waals surface area (Å²) in [6, 6.07) is 0.344. The van der Waals surface area contributed by atoms with Crippen molar-refractivity contribution in [1.29, 1.82) is 0 Å². The van der Waals surface area contributed by atoms with E-state index < -0.39 is 7.65 Å². The fraction of sp³-hybridized carbons (Fsp3) is 0.600. The van der Waals surface area contributed by atoms with Crippen LogP contribution in [0.25, 0.3) is 0 Å². The second kappa shape index (κ2) is 5.87. The molecule has 1 aliphatic heterocycles. The van der Waals surface area contributed by atoms with Crippen molar-refractivity contribution in [3.8, 4) is 0 Å². The van der Waals surface area contributed by atoms with Crippen molar-refractivity contribution in [2.24, 2.45) is 0 Å². The standard InChI is InChI=1S/C10H17ClNOP/c1-4-6-9(2)10(3)12-7-5-8-13-14(12)11/h4,6,10H,1,5,7-8H2,2-3H3. The molecule has 0 spiro atoms. The summed E-state index contributed by atoms with van der Waals surface area (Å²) >= 11 is 6.14. The van der Waals surface area contributed by atoms with Crippen LogP contribution in [0.1, 0.15) is 20.3 Å². The number of rotatable bonds is 3. The molecule has 0 amide bonds. The molecule has 0 aromatic carbocycles. The van der Waals surface area contributed by atoms with Crippen LogP contribution in [0, 0.1) is 0 Å². The Morgan fingerprint density at radius 1 is 1.71 bits per heavy atom. The summed E-state index contributed by atoms with van der Waals surface area (Å²) in [6.07, 6.45) is 4.91. The number of hydrogen-bond donors (Lipinski definition) is 0. The van der Waals surface area contributed by atoms with E-state index in [2.05, 4.69) is 25.1 Å². The van der Waals surface area contributed by atoms with Gasteiger partial charge < -0.3 is 4.52 Å². The van der Waals surface area contributed by atoms with Gasteiger partial charge in [-0.3, -0.25) is 0 Å². The third kappa shape index (κ3) is 3.06. The topological polar surface area (TPSA) is 12.5 Å². The third-order valence-electron chi connectivity index (χ3n) is 2.42. The van der Waals surface area contributed by atoms with E-state index in [1.807, 2.05) is 12.2 Å². The van der Waals surface area contributed by atoms with E-state index in [9.17, 15) is 0 Å². The lowest BCUT2D eigenvalue weighted by molar-refractivity contribution is 0.235. The quantitative estimate of drug-likeness (QED) is 0.545. The average molecular weight is 234 g/mol. The molecule has 1 heterocycles. The van der Waals surface area contributed by atoms with Crippen LogP contribution in [0.15, 0.2) is 24.3 Å². The maximum atomic E-state index is 6.14. The molecular weight excluding hydrogens is 217 g/mol. The second-order valence-corrected chi connectivity index (χ2v) is 5.49. The van der Waals surface area contributed by atoms with Gasteiger partial charge >= 0.3 is 0 Å². The van der Waals surface area contributed by atoms with Crippen molar-refractivity contribution in [3.63, 3.8) is 0 Å². The molecule has 0 aromatic heterocycles. The summed E-state index contributed by atoms with van der Waals surface area (Å²) in [5, 5.41) is 0. The van der Waals surface area contributed by atoms with E-state index >= 15 is 0 Å². The van der Waals surface area contributed by atoms with Gasteiger partial charge in [0.1, 0.15) is 0 Å². The van der Waals surface area contributed by atoms with Crippen LogP contribution >= 0.6 is 18.9 Å². The predicted octanol–water partition coefficient (Wildman–Crippen LogP) is 3.70. The number of allylic oxidation sites excluding steroid dienone is 2. The zero-order valence-corrected chi connectivity index (χ0v) is 10.4. The van der Waals surface area contributed by atoms with Gasteiger partial charge in [-0.05, 0) is 31.5 Å². The maximum absolute atomic E-state index is 6.14. The minimum atomic E-state index is -0.907. The first-order valence-corrected chi connectivity index (χ1v) is 6.93. The van der Waals surface area contributed by atoms with Gasteiger partial charge in [-0.1, -0.05) is 24.3 Å². The Labute approximate surface area is 92.3 Å². The molecular formula is C10H17ClNOP. The Morgan fingerprint density at radius 3 is 3.00 bits per heavy atom. The molecule has 1 fully saturated rings. The van der Waals surface area contributed by atoms with Gasteiger partial charge in [-0.25, -0.2) is 4.67 Å². The van der Waals surface area contributed by atoms with Gasteiger partial charge in [0.15, 0.2) is 0 Å². The molecule has 0 bridgehead atoms. The SMILES string of the molecule is C=CC=C(C)C(C)N1CCCOP1Cl. The first-order valence-electron chi connectivity index (χ1n) is 4.81. The van der Waals surface area contributed by atoms with Crippen molar-refractivity contribution in [3.05, 3.63) is 24.3 Å². The van der Waals surface area contributed by atoms with Crippen molar-refractivity contribution < 1.29 is 4.52 Å². The van der Waals surface area contributed by atoms with Crippen LogP contribution in [0.2, 0.25) is 0 Å². The molecule has 4 heteroatoms. The minimum absolute atomic E-state index is 0.344. The van der Waals surface area contributed by atoms with Crippen molar-refractivity contribution in [1.82, 2.24) is 4.67 Å². The van der Waals surface area contributed by atoms with Gasteiger partial charge in [0.05, 0.1) is 6.61 Å². The fourth-order valence-corrected chi connectivity index (χ4v) is 3.42. The molecule has 0 aromatic rings. The van der Waals surface area contributed by atoms with E-state index in [0.717, 1.165) is 19.6 Å². The zero-order valence-electron chi connectivity index (χ0n) is 8.74. The normalized spacial score (nSPS) is 27.4. The van der Waals surface area contributed by atoms with Crippen LogP contribution in [0.5, 0.6) is 0 Å². The van der Waals surface area contributed by atoms with Gasteiger partial charge in [0.2, 0.25) is 7.65 Å². The lowest BCUT2D eigenvalue weighted by Crippen LogP contribution is -2.33. The fourth-order valence-electron chi connectivity index (χ4n) is 1.41. The molecule has 2 atom stereocenters. The Kier molecular flexibility index (Phi) is 5.11. The molecule has 80 valence electrons. The molecule has 0 radical (unpaired) electrons. The molecule has 0 aliphatic carbocycles. The van der Waals surface area contributed by atoms with Gasteiger partial charge in [-0.2, -0.15) is 0 Å². The number of halogens is 1. The molecule has 0 saturated carbocycles. The van der Waals surface area contributed by atoms with E-state index in [0.29, 0.717) is 6.04 Å².